The van der Waals surface area contributed by atoms with E-state index in [9.17, 15) is 95.9 Å². The van der Waals surface area contributed by atoms with Gasteiger partial charge in [-0.1, -0.05) is 34.1 Å². The molecule has 58 heteroatoms. The molecule has 2 aromatic heterocycles. The molecular weight excluding hydrogens is 1640 g/mol. The summed E-state index contributed by atoms with van der Waals surface area (Å²) in [5.41, 5.74) is 91.7. The molecule has 2 aromatic rings. The van der Waals surface area contributed by atoms with Gasteiger partial charge in [0.2, 0.25) is 23.6 Å². The van der Waals surface area contributed by atoms with Crippen LogP contribution in [-0.4, -0.2) is 303 Å². The number of imidazole rings is 2. The van der Waals surface area contributed by atoms with E-state index in [4.69, 9.17) is 158 Å². The lowest BCUT2D eigenvalue weighted by Gasteiger charge is -2.12. The molecule has 0 saturated heterocycles. The monoisotopic (exact) mass is 1760 g/mol. The Morgan fingerprint density at radius 3 is 0.933 bits per heavy atom. The van der Waals surface area contributed by atoms with Gasteiger partial charge in [0, 0.05) is 61.6 Å². The number of nitrogens with zero attached hydrogens (tertiary/aromatic N) is 2. The van der Waals surface area contributed by atoms with Crippen LogP contribution < -0.4 is 103 Å². The molecule has 0 spiro atoms. The molecule has 0 bridgehead atoms. The summed E-state index contributed by atoms with van der Waals surface area (Å²) < 4.78 is 8.99. The van der Waals surface area contributed by atoms with Crippen LogP contribution in [0.5, 0.6) is 0 Å². The second-order valence-corrected chi connectivity index (χ2v) is 24.3. The molecule has 2 rings (SSSR count). The van der Waals surface area contributed by atoms with Gasteiger partial charge >= 0.3 is 95.5 Å². The van der Waals surface area contributed by atoms with Gasteiger partial charge in [-0.15, -0.1) is 0 Å². The molecular formula is C62H118N22O35S. The molecule has 0 saturated carbocycles. The Balaban J connectivity index is -0.000000140. The third-order valence-electron chi connectivity index (χ3n) is 12.4. The number of primary amides is 4. The van der Waals surface area contributed by atoms with Crippen LogP contribution in [0.3, 0.4) is 0 Å². The molecule has 0 aliphatic rings. The van der Waals surface area contributed by atoms with E-state index >= 15 is 0 Å². The second kappa shape index (κ2) is 76.8. The maximum absolute atomic E-state index is 11.6. The number of nitrogens with one attached hydrogen (secondary N) is 2. The molecule has 57 nitrogen and oxygen atoms in total. The quantitative estimate of drug-likeness (QED) is 0.0167. The highest BCUT2D eigenvalue weighted by Gasteiger charge is 2.26. The number of esters is 3. The molecule has 51 N–H and O–H groups in total. The lowest BCUT2D eigenvalue weighted by Crippen LogP contribution is -2.41. The second-order valence-electron chi connectivity index (χ2n) is 24.0. The number of rotatable bonds is 40. The van der Waals surface area contributed by atoms with E-state index in [2.05, 4.69) is 53.5 Å². The molecule has 4 amide bonds. The van der Waals surface area contributed by atoms with E-state index in [1.807, 2.05) is 27.7 Å². The molecule has 120 heavy (non-hydrogen) atoms. The number of carboxylic acids is 13. The van der Waals surface area contributed by atoms with Gasteiger partial charge in [-0.25, -0.2) is 19.6 Å². The molecule has 0 aromatic carbocycles. The fourth-order valence-electron chi connectivity index (χ4n) is 5.34. The molecule has 692 valence electrons. The van der Waals surface area contributed by atoms with Gasteiger partial charge in [0.15, 0.2) is 0 Å². The Kier molecular flexibility index (Phi) is 82.2. The zero-order chi connectivity index (χ0) is 96.7. The van der Waals surface area contributed by atoms with Gasteiger partial charge in [-0.2, -0.15) is 12.6 Å². The first kappa shape index (κ1) is 129. The van der Waals surface area contributed by atoms with Crippen molar-refractivity contribution in [2.45, 2.75) is 197 Å². The smallest absolute Gasteiger partial charge is 0.330 e. The fourth-order valence-corrected chi connectivity index (χ4v) is 5.50. The number of nitrogens with two attached hydrogens (primary N) is 18. The van der Waals surface area contributed by atoms with E-state index < -0.39 is 211 Å². The number of H-pyrrole nitrogens is 2. The molecule has 14 atom stereocenters. The van der Waals surface area contributed by atoms with Gasteiger partial charge < -0.3 is 189 Å². The minimum absolute atomic E-state index is 0.0111. The van der Waals surface area contributed by atoms with Crippen molar-refractivity contribution in [3.05, 3.63) is 36.4 Å². The number of carboxylic acid groups (broad SMARTS) is 13. The summed E-state index contributed by atoms with van der Waals surface area (Å²) in [5, 5.41) is 106. The van der Waals surface area contributed by atoms with Crippen molar-refractivity contribution in [2.24, 2.45) is 115 Å². The van der Waals surface area contributed by atoms with Crippen molar-refractivity contribution in [1.29, 1.82) is 0 Å². The highest BCUT2D eigenvalue weighted by Crippen LogP contribution is 2.06. The number of aromatic amines is 2. The lowest BCUT2D eigenvalue weighted by atomic mass is 10.0. The number of thiol groups is 1. The van der Waals surface area contributed by atoms with Crippen LogP contribution in [0.4, 0.5) is 0 Å². The number of aliphatic carboxylic acids is 13. The van der Waals surface area contributed by atoms with Crippen molar-refractivity contribution in [2.75, 3.05) is 18.9 Å². The largest absolute Gasteiger partial charge is 0.481 e. The normalized spacial score (nSPS) is 13.2. The summed E-state index contributed by atoms with van der Waals surface area (Å²) in [7, 11) is 0. The third-order valence-corrected chi connectivity index (χ3v) is 12.8. The Morgan fingerprint density at radius 1 is 0.383 bits per heavy atom. The Hall–Kier alpha value is -12.2. The number of hydrogen-bond acceptors (Lipinski definition) is 39. The lowest BCUT2D eigenvalue weighted by molar-refractivity contribution is -0.162. The first-order valence-corrected chi connectivity index (χ1v) is 34.5. The number of amides is 4. The Bertz CT molecular complexity index is 3320. The summed E-state index contributed by atoms with van der Waals surface area (Å²) in [6, 6.07) is -12.9. The van der Waals surface area contributed by atoms with Crippen LogP contribution in [0.25, 0.3) is 0 Å². The summed E-state index contributed by atoms with van der Waals surface area (Å²) in [6.07, 6.45) is 6.45. The van der Waals surface area contributed by atoms with Crippen LogP contribution >= 0.6 is 12.6 Å². The van der Waals surface area contributed by atoms with Crippen LogP contribution in [0.2, 0.25) is 0 Å². The van der Waals surface area contributed by atoms with E-state index in [-0.39, 0.29) is 82.4 Å². The highest BCUT2D eigenvalue weighted by molar-refractivity contribution is 7.80. The van der Waals surface area contributed by atoms with Crippen molar-refractivity contribution in [1.82, 2.24) is 19.9 Å². The summed E-state index contributed by atoms with van der Waals surface area (Å²) in [5.74, 6) is -18.8. The summed E-state index contributed by atoms with van der Waals surface area (Å²) in [6.45, 7) is 8.29. The first-order chi connectivity index (χ1) is 54.8. The molecule has 0 unspecified atom stereocenters. The Morgan fingerprint density at radius 2 is 0.708 bits per heavy atom. The van der Waals surface area contributed by atoms with Gasteiger partial charge in [0.25, 0.3) is 0 Å². The van der Waals surface area contributed by atoms with Crippen LogP contribution in [0.15, 0.2) is 25.0 Å². The molecule has 0 aliphatic heterocycles. The summed E-state index contributed by atoms with van der Waals surface area (Å²) in [4.78, 5) is 217. The fraction of sp³-hybridized carbons (Fsp3) is 0.581. The molecule has 0 fully saturated rings. The average molecular weight is 1760 g/mol. The predicted molar refractivity (Wildman–Crippen MR) is 415 cm³/mol. The maximum Gasteiger partial charge on any atom is 0.330 e. The Labute approximate surface area is 688 Å². The highest BCUT2D eigenvalue weighted by atomic mass is 32.1. The van der Waals surface area contributed by atoms with Crippen molar-refractivity contribution >= 4 is 132 Å². The van der Waals surface area contributed by atoms with E-state index in [0.29, 0.717) is 18.0 Å². The minimum atomic E-state index is -1.31. The van der Waals surface area contributed by atoms with E-state index in [1.54, 1.807) is 6.20 Å². The summed E-state index contributed by atoms with van der Waals surface area (Å²) >= 11 is 3.65. The zero-order valence-electron chi connectivity index (χ0n) is 65.8. The number of ether oxygens (including phenoxy) is 2. The number of carbonyl (C=O) groups excluding carboxylic acids is 7. The van der Waals surface area contributed by atoms with Gasteiger partial charge in [0.05, 0.1) is 38.5 Å². The molecule has 2 heterocycles. The van der Waals surface area contributed by atoms with E-state index in [1.165, 1.54) is 25.8 Å². The topological polar surface area (TPSA) is 1150 Å². The zero-order valence-corrected chi connectivity index (χ0v) is 66.7. The number of carbonyl (C=O) groups is 20. The average Bonchev–Trinajstić information content (AvgIpc) is 1.17. The predicted octanol–water partition coefficient (Wildman–Crippen LogP) is -11.8. The standard InChI is InChI=1S/C11H17N5O4.C7H13N3O5.C6H9N3O2.2C6H13NO2.C5H10N2O3.C5H9NO4.C4H8N2O3.C4H7NO4.C3H7NO2S.C3H7NO2.C2H5NO2/c12-7(1-2-9(14)17)10(18)20-11(19)8(13)3-6-4-15-5-16-6;8-3(1-5(10)11)7(14)15-2-4(9)6(12)13;7-5(6(10)11)1-4-2-8-3-9-4;1-4(2)3-5(7)6(8)9;1-3-4(2)5(7)6(8)9;2*6-3(5(9)10)1-2-4(7)8;2*5-2(4(8)9)1-3(6)7;4-2(1-7)3(5)6;1-2(4)3(5)6;3-1-2(4)5/h4-5,7-8H,1-3,12-13H2,(H2,14,17)(H,15,16);3-4H,1-2,8-9H2,(H2,10,11)(H,12,13);2-3,5H,1,7H2,(H,8,9)(H,10,11);2*4-5H,3,7H2,1-2H3,(H,8,9);3H,1-2,6H2,(H2,7,8)(H,9,10);3H,1-2,6H2,(H,7,8)(H,9,10);2H,1,5H2,(H2,6,7)(H,8,9);2H,1,5H2,(H,6,7)(H,8,9);2,7H,1,4H2,(H,5,6);2H,4H2,1H3,(H,5,6);1,3H2,(H,4,5)/t7-,8-;3-,4-;2*5-;4-,5-;2*3-;4*2-;/m00000000000./s1. The maximum atomic E-state index is 11.6. The van der Waals surface area contributed by atoms with Gasteiger partial charge in [0.1, 0.15) is 85.2 Å². The van der Waals surface area contributed by atoms with Gasteiger partial charge in [-0.3, -0.25) is 86.3 Å². The van der Waals surface area contributed by atoms with Crippen molar-refractivity contribution in [3.63, 3.8) is 0 Å². The SMILES string of the molecule is CC(C)C[C@H](N)C(=O)O.CC[C@H](C)[C@H](N)C(=O)O.C[C@H](N)C(=O)O.NC(=O)CC[C@H](N)C(=O)O.NC(=O)CC[C@H](N)C(=O)OC(=O)[C@@H](N)Cc1cnc[nH]1.NC(=O)C[C@H](N)C(=O)O.NC(=O)C[C@H](N)C(=O)OC[C@H](N)C(=O)O.NCC(=O)O.N[C@@H](CC(=O)O)C(=O)O.N[C@@H](CCC(=O)O)C(=O)O.N[C@@H](CS)C(=O)O.N[C@@H](Cc1cnc[nH]1)C(=O)O. The van der Waals surface area contributed by atoms with Crippen LogP contribution in [-0.2, 0) is 118 Å². The molecule has 0 radical (unpaired) electrons. The van der Waals surface area contributed by atoms with Crippen molar-refractivity contribution < 1.29 is 172 Å². The van der Waals surface area contributed by atoms with Crippen LogP contribution in [0, 0.1) is 11.8 Å². The van der Waals surface area contributed by atoms with Crippen LogP contribution in [0.1, 0.15) is 117 Å². The third kappa shape index (κ3) is 93.0. The minimum Gasteiger partial charge on any atom is -0.481 e. The van der Waals surface area contributed by atoms with Crippen molar-refractivity contribution in [3.8, 4) is 0 Å². The van der Waals surface area contributed by atoms with Gasteiger partial charge in [-0.05, 0) is 44.4 Å². The first-order valence-electron chi connectivity index (χ1n) is 33.9. The number of hydrogen-bond donors (Lipinski definition) is 34. The number of aromatic nitrogens is 4. The van der Waals surface area contributed by atoms with E-state index in [0.717, 1.165) is 12.1 Å². The molecule has 0 aliphatic carbocycles.